The van der Waals surface area contributed by atoms with Crippen molar-refractivity contribution >= 4 is 23.1 Å². The van der Waals surface area contributed by atoms with Crippen LogP contribution in [-0.2, 0) is 17.6 Å². The van der Waals surface area contributed by atoms with Crippen LogP contribution in [0.1, 0.15) is 41.3 Å². The van der Waals surface area contributed by atoms with Gasteiger partial charge in [0, 0.05) is 41.3 Å². The molecule has 0 spiro atoms. The Bertz CT molecular complexity index is 1670. The first kappa shape index (κ1) is 30.7. The van der Waals surface area contributed by atoms with Crippen molar-refractivity contribution in [3.05, 3.63) is 84.1 Å². The molecule has 1 atom stereocenters. The number of anilines is 2. The Hall–Kier alpha value is -4.72. The molecule has 1 aliphatic heterocycles. The minimum Gasteiger partial charge on any atom is -0.478 e. The molecular formula is C34H37FN6O3. The average molecular weight is 597 g/mol. The molecule has 3 N–H and O–H groups in total. The predicted octanol–water partition coefficient (Wildman–Crippen LogP) is 5.08. The fourth-order valence-electron chi connectivity index (χ4n) is 5.08. The number of hydrogen-bond acceptors (Lipinski definition) is 7. The van der Waals surface area contributed by atoms with E-state index in [0.717, 1.165) is 43.8 Å². The molecule has 44 heavy (non-hydrogen) atoms. The Morgan fingerprint density at radius 1 is 1.27 bits per heavy atom. The third kappa shape index (κ3) is 7.25. The standard InChI is InChI=1S/C34H37FN6O3/c1-4-8-28-27(11-12-30(31(28)35)43-19-5-2)29-21-39-33-32(37-17-18-41(29)33)40-24-9-10-26(23(6-3)20-24)34(42)38-15-7-14-36-16-13-25-22-44-25/h2,4,9-12,17-18,20-21,25,36H,1,6-8,13-16,19,22H2,3H3,(H,37,40)(H,38,42). The average Bonchev–Trinajstić information content (AvgIpc) is 3.77. The molecule has 2 aromatic heterocycles. The van der Waals surface area contributed by atoms with Crippen LogP contribution in [0.25, 0.3) is 16.9 Å². The molecule has 3 heterocycles. The van der Waals surface area contributed by atoms with Crippen molar-refractivity contribution in [1.29, 1.82) is 0 Å². The first-order valence-corrected chi connectivity index (χ1v) is 14.9. The van der Waals surface area contributed by atoms with Crippen molar-refractivity contribution in [2.75, 3.05) is 38.2 Å². The third-order valence-electron chi connectivity index (χ3n) is 7.43. The topological polar surface area (TPSA) is 105 Å². The van der Waals surface area contributed by atoms with Crippen molar-refractivity contribution in [2.45, 2.75) is 38.7 Å². The maximum Gasteiger partial charge on any atom is 0.251 e. The van der Waals surface area contributed by atoms with E-state index in [1.165, 1.54) is 0 Å². The highest BCUT2D eigenvalue weighted by molar-refractivity contribution is 5.96. The Kier molecular flexibility index (Phi) is 10.2. The molecule has 10 heteroatoms. The third-order valence-corrected chi connectivity index (χ3v) is 7.43. The van der Waals surface area contributed by atoms with E-state index < -0.39 is 5.82 Å². The van der Waals surface area contributed by atoms with Gasteiger partial charge in [-0.05, 0) is 74.7 Å². The van der Waals surface area contributed by atoms with E-state index in [0.29, 0.717) is 59.3 Å². The summed E-state index contributed by atoms with van der Waals surface area (Å²) >= 11 is 0. The van der Waals surface area contributed by atoms with Gasteiger partial charge in [-0.15, -0.1) is 13.0 Å². The molecule has 0 radical (unpaired) electrons. The van der Waals surface area contributed by atoms with E-state index in [9.17, 15) is 4.79 Å². The van der Waals surface area contributed by atoms with E-state index >= 15 is 4.39 Å². The van der Waals surface area contributed by atoms with Crippen LogP contribution in [0.5, 0.6) is 5.75 Å². The number of nitrogens with one attached hydrogen (secondary N) is 3. The number of benzene rings is 2. The van der Waals surface area contributed by atoms with E-state index in [1.54, 1.807) is 36.8 Å². The number of ether oxygens (including phenoxy) is 2. The zero-order chi connectivity index (χ0) is 30.9. The second kappa shape index (κ2) is 14.6. The van der Waals surface area contributed by atoms with Crippen LogP contribution in [0.4, 0.5) is 15.9 Å². The second-order valence-electron chi connectivity index (χ2n) is 10.5. The lowest BCUT2D eigenvalue weighted by Gasteiger charge is -2.14. The summed E-state index contributed by atoms with van der Waals surface area (Å²) in [7, 11) is 0. The number of aryl methyl sites for hydroxylation is 1. The number of terminal acetylenes is 1. The quantitative estimate of drug-likeness (QED) is 0.0717. The zero-order valence-corrected chi connectivity index (χ0v) is 24.9. The molecule has 5 rings (SSSR count). The van der Waals surface area contributed by atoms with Crippen LogP contribution in [0.15, 0.2) is 61.6 Å². The normalized spacial score (nSPS) is 13.8. The van der Waals surface area contributed by atoms with Crippen LogP contribution in [0.2, 0.25) is 0 Å². The second-order valence-corrected chi connectivity index (χ2v) is 10.5. The summed E-state index contributed by atoms with van der Waals surface area (Å²) in [6.45, 7) is 9.04. The molecule has 1 fully saturated rings. The van der Waals surface area contributed by atoms with E-state index in [4.69, 9.17) is 15.9 Å². The number of hydrogen-bond donors (Lipinski definition) is 3. The number of nitrogens with zero attached hydrogens (tertiary/aromatic N) is 3. The van der Waals surface area contributed by atoms with E-state index in [-0.39, 0.29) is 18.3 Å². The number of imidazole rings is 1. The van der Waals surface area contributed by atoms with Gasteiger partial charge >= 0.3 is 0 Å². The van der Waals surface area contributed by atoms with Crippen LogP contribution in [0, 0.1) is 18.2 Å². The summed E-state index contributed by atoms with van der Waals surface area (Å²) in [6, 6.07) is 9.01. The number of epoxide rings is 1. The number of fused-ring (bicyclic) bond motifs is 1. The molecule has 4 aromatic rings. The number of halogens is 1. The van der Waals surface area contributed by atoms with Crippen LogP contribution < -0.4 is 20.7 Å². The van der Waals surface area contributed by atoms with Crippen molar-refractivity contribution in [1.82, 2.24) is 25.0 Å². The molecule has 9 nitrogen and oxygen atoms in total. The Morgan fingerprint density at radius 2 is 2.14 bits per heavy atom. The van der Waals surface area contributed by atoms with Gasteiger partial charge in [0.1, 0.15) is 6.61 Å². The number of carbonyl (C=O) groups is 1. The fraction of sp³-hybridized carbons (Fsp3) is 0.324. The monoisotopic (exact) mass is 596 g/mol. The first-order chi connectivity index (χ1) is 21.5. The lowest BCUT2D eigenvalue weighted by molar-refractivity contribution is 0.0952. The van der Waals surface area contributed by atoms with Gasteiger partial charge in [-0.2, -0.15) is 0 Å². The van der Waals surface area contributed by atoms with Gasteiger partial charge in [0.2, 0.25) is 0 Å². The van der Waals surface area contributed by atoms with Gasteiger partial charge in [-0.25, -0.2) is 14.4 Å². The molecule has 1 aliphatic rings. The summed E-state index contributed by atoms with van der Waals surface area (Å²) in [5.41, 5.74) is 4.70. The molecule has 0 aliphatic carbocycles. The zero-order valence-electron chi connectivity index (χ0n) is 24.9. The van der Waals surface area contributed by atoms with Crippen molar-refractivity contribution in [3.8, 4) is 29.4 Å². The highest BCUT2D eigenvalue weighted by Gasteiger charge is 2.21. The number of rotatable bonds is 16. The van der Waals surface area contributed by atoms with Gasteiger partial charge in [0.15, 0.2) is 23.0 Å². The van der Waals surface area contributed by atoms with Gasteiger partial charge in [-0.3, -0.25) is 9.20 Å². The number of allylic oxidation sites excluding steroid dienone is 1. The largest absolute Gasteiger partial charge is 0.478 e. The van der Waals surface area contributed by atoms with Crippen LogP contribution in [-0.4, -0.2) is 59.2 Å². The molecule has 0 bridgehead atoms. The van der Waals surface area contributed by atoms with Crippen LogP contribution in [0.3, 0.4) is 0 Å². The lowest BCUT2D eigenvalue weighted by atomic mass is 10.0. The van der Waals surface area contributed by atoms with Gasteiger partial charge < -0.3 is 25.4 Å². The predicted molar refractivity (Wildman–Crippen MR) is 170 cm³/mol. The number of amides is 1. The highest BCUT2D eigenvalue weighted by atomic mass is 19.1. The SMILES string of the molecule is C#CCOc1ccc(-c2cnc3c(Nc4ccc(C(=O)NCCCNCCC5CO5)c(CC)c4)nccn23)c(CC=C)c1F. The van der Waals surface area contributed by atoms with Crippen molar-refractivity contribution < 1.29 is 18.7 Å². The molecule has 228 valence electrons. The maximum absolute atomic E-state index is 15.4. The molecule has 0 saturated carbocycles. The van der Waals surface area contributed by atoms with Crippen LogP contribution >= 0.6 is 0 Å². The lowest BCUT2D eigenvalue weighted by Crippen LogP contribution is -2.28. The Labute approximate surface area is 256 Å². The summed E-state index contributed by atoms with van der Waals surface area (Å²) in [4.78, 5) is 22.0. The van der Waals surface area contributed by atoms with Gasteiger partial charge in [-0.1, -0.05) is 18.9 Å². The summed E-state index contributed by atoms with van der Waals surface area (Å²) in [6.07, 6.45) is 15.4. The summed E-state index contributed by atoms with van der Waals surface area (Å²) < 4.78 is 27.8. The Balaban J connectivity index is 1.30. The highest BCUT2D eigenvalue weighted by Crippen LogP contribution is 2.33. The van der Waals surface area contributed by atoms with E-state index in [2.05, 4.69) is 38.4 Å². The Morgan fingerprint density at radius 3 is 2.91 bits per heavy atom. The summed E-state index contributed by atoms with van der Waals surface area (Å²) in [5, 5.41) is 9.76. The minimum absolute atomic E-state index is 0.0275. The molecular weight excluding hydrogens is 559 g/mol. The first-order valence-electron chi connectivity index (χ1n) is 14.9. The summed E-state index contributed by atoms with van der Waals surface area (Å²) in [5.74, 6) is 2.42. The molecule has 1 amide bonds. The minimum atomic E-state index is -0.479. The van der Waals surface area contributed by atoms with Crippen molar-refractivity contribution in [2.24, 2.45) is 0 Å². The van der Waals surface area contributed by atoms with E-state index in [1.807, 2.05) is 29.5 Å². The van der Waals surface area contributed by atoms with Crippen molar-refractivity contribution in [3.63, 3.8) is 0 Å². The van der Waals surface area contributed by atoms with Gasteiger partial charge in [0.05, 0.1) is 24.6 Å². The van der Waals surface area contributed by atoms with Gasteiger partial charge in [0.25, 0.3) is 5.91 Å². The molecule has 2 aromatic carbocycles. The maximum atomic E-state index is 15.4. The molecule has 1 saturated heterocycles. The number of carbonyl (C=O) groups excluding carboxylic acids is 1. The molecule has 1 unspecified atom stereocenters. The number of aromatic nitrogens is 3. The fourth-order valence-corrected chi connectivity index (χ4v) is 5.08. The smallest absolute Gasteiger partial charge is 0.251 e.